The summed E-state index contributed by atoms with van der Waals surface area (Å²) in [6, 6.07) is 2.10. The van der Waals surface area contributed by atoms with Crippen LogP contribution in [0.2, 0.25) is 0 Å². The zero-order valence-electron chi connectivity index (χ0n) is 12.6. The number of nitrogens with zero attached hydrogens (tertiary/aromatic N) is 2. The van der Waals surface area contributed by atoms with E-state index in [-0.39, 0.29) is 5.84 Å². The summed E-state index contributed by atoms with van der Waals surface area (Å²) in [6.45, 7) is 5.56. The molecule has 0 aliphatic carbocycles. The maximum Gasteiger partial charge on any atom is 0.183 e. The lowest BCUT2D eigenvalue weighted by molar-refractivity contribution is 0.212. The van der Waals surface area contributed by atoms with Gasteiger partial charge >= 0.3 is 0 Å². The molecule has 0 atom stereocenters. The van der Waals surface area contributed by atoms with Gasteiger partial charge in [0.25, 0.3) is 0 Å². The maximum atomic E-state index is 7.34. The van der Waals surface area contributed by atoms with Crippen LogP contribution in [0.15, 0.2) is 12.3 Å². The van der Waals surface area contributed by atoms with E-state index >= 15 is 0 Å². The number of nitrogens with one attached hydrogen (secondary N) is 1. The van der Waals surface area contributed by atoms with E-state index in [2.05, 4.69) is 23.7 Å². The second kappa shape index (κ2) is 7.69. The van der Waals surface area contributed by atoms with Crippen LogP contribution in [0.1, 0.15) is 26.0 Å². The molecule has 1 aromatic rings. The summed E-state index contributed by atoms with van der Waals surface area (Å²) in [5, 5.41) is 7.34. The number of methoxy groups -OCH3 is 2. The van der Waals surface area contributed by atoms with Crippen molar-refractivity contribution in [1.29, 1.82) is 5.41 Å². The first kappa shape index (κ1) is 16.2. The van der Waals surface area contributed by atoms with Crippen molar-refractivity contribution in [2.75, 3.05) is 20.8 Å². The molecular weight excluding hydrogens is 256 g/mol. The maximum absolute atomic E-state index is 7.34. The molecule has 112 valence electrons. The van der Waals surface area contributed by atoms with Crippen molar-refractivity contribution < 1.29 is 9.47 Å². The van der Waals surface area contributed by atoms with Gasteiger partial charge in [-0.1, -0.05) is 0 Å². The summed E-state index contributed by atoms with van der Waals surface area (Å²) >= 11 is 0. The molecule has 0 aliphatic heterocycles. The van der Waals surface area contributed by atoms with Crippen LogP contribution >= 0.6 is 0 Å². The minimum atomic E-state index is 0.196. The lowest BCUT2D eigenvalue weighted by atomic mass is 10.2. The third-order valence-electron chi connectivity index (χ3n) is 3.12. The Labute approximate surface area is 120 Å². The summed E-state index contributed by atoms with van der Waals surface area (Å²) in [5.41, 5.74) is 6.26. The summed E-state index contributed by atoms with van der Waals surface area (Å²) in [5.74, 6) is 1.53. The molecule has 0 amide bonds. The summed E-state index contributed by atoms with van der Waals surface area (Å²) in [4.78, 5) is 6.58. The quantitative estimate of drug-likeness (QED) is 0.558. The molecule has 20 heavy (non-hydrogen) atoms. The van der Waals surface area contributed by atoms with E-state index in [9.17, 15) is 0 Å². The van der Waals surface area contributed by atoms with Crippen LogP contribution in [0.5, 0.6) is 11.5 Å². The molecule has 0 fully saturated rings. The van der Waals surface area contributed by atoms with Gasteiger partial charge in [0.05, 0.1) is 20.1 Å². The predicted octanol–water partition coefficient (Wildman–Crippen LogP) is 1.64. The van der Waals surface area contributed by atoms with E-state index in [0.717, 1.165) is 12.2 Å². The highest BCUT2D eigenvalue weighted by Gasteiger charge is 2.17. The highest BCUT2D eigenvalue weighted by Crippen LogP contribution is 2.30. The first-order chi connectivity index (χ1) is 9.49. The number of hydrogen-bond acceptors (Lipinski definition) is 5. The van der Waals surface area contributed by atoms with Crippen LogP contribution in [0.4, 0.5) is 0 Å². The zero-order chi connectivity index (χ0) is 15.1. The van der Waals surface area contributed by atoms with Gasteiger partial charge in [0.15, 0.2) is 11.5 Å². The Morgan fingerprint density at radius 1 is 1.40 bits per heavy atom. The van der Waals surface area contributed by atoms with E-state index in [1.165, 1.54) is 0 Å². The van der Waals surface area contributed by atoms with Crippen LogP contribution in [-0.2, 0) is 6.54 Å². The van der Waals surface area contributed by atoms with E-state index in [1.807, 2.05) is 0 Å². The standard InChI is InChI=1S/C14H24N4O2/c1-10(2)18(8-6-13(15)16)9-11-14(20-4)12(19-3)5-7-17-11/h5,7,10H,6,8-9H2,1-4H3,(H3,15,16). The highest BCUT2D eigenvalue weighted by atomic mass is 16.5. The van der Waals surface area contributed by atoms with Crippen LogP contribution in [0.3, 0.4) is 0 Å². The predicted molar refractivity (Wildman–Crippen MR) is 79.4 cm³/mol. The Bertz CT molecular complexity index is 449. The monoisotopic (exact) mass is 280 g/mol. The number of rotatable bonds is 8. The van der Waals surface area contributed by atoms with Crippen molar-refractivity contribution in [2.24, 2.45) is 5.73 Å². The second-order valence-electron chi connectivity index (χ2n) is 4.83. The highest BCUT2D eigenvalue weighted by molar-refractivity contribution is 5.76. The SMILES string of the molecule is COc1ccnc(CN(CCC(=N)N)C(C)C)c1OC. The van der Waals surface area contributed by atoms with E-state index in [1.54, 1.807) is 26.5 Å². The van der Waals surface area contributed by atoms with Crippen molar-refractivity contribution in [3.8, 4) is 11.5 Å². The third kappa shape index (κ3) is 4.38. The number of pyridine rings is 1. The van der Waals surface area contributed by atoms with Crippen molar-refractivity contribution in [3.63, 3.8) is 0 Å². The van der Waals surface area contributed by atoms with Crippen LogP contribution in [0.25, 0.3) is 0 Å². The average molecular weight is 280 g/mol. The number of ether oxygens (including phenoxy) is 2. The van der Waals surface area contributed by atoms with Gasteiger partial charge in [-0.3, -0.25) is 15.3 Å². The Kier molecular flexibility index (Phi) is 6.24. The van der Waals surface area contributed by atoms with E-state index in [4.69, 9.17) is 20.6 Å². The van der Waals surface area contributed by atoms with Gasteiger partial charge in [-0.2, -0.15) is 0 Å². The molecule has 6 heteroatoms. The van der Waals surface area contributed by atoms with Gasteiger partial charge in [-0.25, -0.2) is 0 Å². The molecular formula is C14H24N4O2. The van der Waals surface area contributed by atoms with Gasteiger partial charge in [0, 0.05) is 37.8 Å². The van der Waals surface area contributed by atoms with E-state index < -0.39 is 0 Å². The molecule has 0 spiro atoms. The van der Waals surface area contributed by atoms with Gasteiger partial charge in [0.2, 0.25) is 0 Å². The molecule has 1 heterocycles. The summed E-state index contributed by atoms with van der Waals surface area (Å²) in [7, 11) is 3.22. The van der Waals surface area contributed by atoms with Crippen LogP contribution in [0, 0.1) is 5.41 Å². The number of aromatic nitrogens is 1. The van der Waals surface area contributed by atoms with Crippen molar-refractivity contribution in [2.45, 2.75) is 32.9 Å². The molecule has 0 unspecified atom stereocenters. The molecule has 1 rings (SSSR count). The van der Waals surface area contributed by atoms with Gasteiger partial charge < -0.3 is 15.2 Å². The molecule has 0 saturated carbocycles. The molecule has 0 bridgehead atoms. The lowest BCUT2D eigenvalue weighted by Crippen LogP contribution is -2.33. The van der Waals surface area contributed by atoms with Crippen LogP contribution in [-0.4, -0.2) is 42.5 Å². The largest absolute Gasteiger partial charge is 0.493 e. The zero-order valence-corrected chi connectivity index (χ0v) is 12.6. The van der Waals surface area contributed by atoms with Gasteiger partial charge in [-0.05, 0) is 13.8 Å². The van der Waals surface area contributed by atoms with Crippen molar-refractivity contribution in [1.82, 2.24) is 9.88 Å². The third-order valence-corrected chi connectivity index (χ3v) is 3.12. The number of hydrogen-bond donors (Lipinski definition) is 2. The van der Waals surface area contributed by atoms with E-state index in [0.29, 0.717) is 30.5 Å². The topological polar surface area (TPSA) is 84.5 Å². The molecule has 3 N–H and O–H groups in total. The minimum absolute atomic E-state index is 0.196. The van der Waals surface area contributed by atoms with Crippen molar-refractivity contribution in [3.05, 3.63) is 18.0 Å². The molecule has 0 aliphatic rings. The molecule has 0 saturated heterocycles. The Morgan fingerprint density at radius 3 is 2.60 bits per heavy atom. The Hall–Kier alpha value is -1.82. The molecule has 1 aromatic heterocycles. The van der Waals surface area contributed by atoms with Crippen LogP contribution < -0.4 is 15.2 Å². The number of nitrogens with two attached hydrogens (primary N) is 1. The fourth-order valence-electron chi connectivity index (χ4n) is 1.94. The minimum Gasteiger partial charge on any atom is -0.493 e. The fraction of sp³-hybridized carbons (Fsp3) is 0.571. The van der Waals surface area contributed by atoms with Gasteiger partial charge in [-0.15, -0.1) is 0 Å². The fourth-order valence-corrected chi connectivity index (χ4v) is 1.94. The van der Waals surface area contributed by atoms with Crippen molar-refractivity contribution >= 4 is 5.84 Å². The van der Waals surface area contributed by atoms with Gasteiger partial charge in [0.1, 0.15) is 5.69 Å². The number of amidine groups is 1. The lowest BCUT2D eigenvalue weighted by Gasteiger charge is -2.26. The summed E-state index contributed by atoms with van der Waals surface area (Å²) in [6.07, 6.45) is 2.25. The molecule has 0 radical (unpaired) electrons. The average Bonchev–Trinajstić information content (AvgIpc) is 2.42. The smallest absolute Gasteiger partial charge is 0.183 e. The molecule has 0 aromatic carbocycles. The summed E-state index contributed by atoms with van der Waals surface area (Å²) < 4.78 is 10.7. The Balaban J connectivity index is 2.90. The first-order valence-electron chi connectivity index (χ1n) is 6.62. The molecule has 6 nitrogen and oxygen atoms in total. The Morgan fingerprint density at radius 2 is 2.10 bits per heavy atom. The normalized spacial score (nSPS) is 10.9. The second-order valence-corrected chi connectivity index (χ2v) is 4.83. The first-order valence-corrected chi connectivity index (χ1v) is 6.62.